The summed E-state index contributed by atoms with van der Waals surface area (Å²) in [5.41, 5.74) is 0.715. The monoisotopic (exact) mass is 455 g/mol. The number of halogens is 6. The van der Waals surface area contributed by atoms with Gasteiger partial charge in [-0.1, -0.05) is 12.1 Å². The van der Waals surface area contributed by atoms with Gasteiger partial charge in [0.05, 0.1) is 24.0 Å². The molecule has 4 rings (SSSR count). The predicted molar refractivity (Wildman–Crippen MR) is 107 cm³/mol. The van der Waals surface area contributed by atoms with Crippen molar-refractivity contribution in [3.8, 4) is 22.6 Å². The molecule has 0 bridgehead atoms. The number of nitrogens with zero attached hydrogens (tertiary/aromatic N) is 4. The maximum absolute atomic E-state index is 13.0. The van der Waals surface area contributed by atoms with Crippen molar-refractivity contribution >= 4 is 5.82 Å². The van der Waals surface area contributed by atoms with E-state index in [1.807, 2.05) is 4.90 Å². The molecule has 1 N–H and O–H groups in total. The largest absolute Gasteiger partial charge is 0.416 e. The Labute approximate surface area is 179 Å². The maximum atomic E-state index is 13.0. The van der Waals surface area contributed by atoms with Crippen LogP contribution >= 0.6 is 0 Å². The second-order valence-electron chi connectivity index (χ2n) is 7.51. The number of benzene rings is 1. The highest BCUT2D eigenvalue weighted by molar-refractivity contribution is 5.66. The number of piperazine rings is 1. The smallest absolute Gasteiger partial charge is 0.354 e. The Morgan fingerprint density at radius 2 is 1.62 bits per heavy atom. The van der Waals surface area contributed by atoms with Crippen LogP contribution in [0.3, 0.4) is 0 Å². The van der Waals surface area contributed by atoms with E-state index in [0.29, 0.717) is 41.6 Å². The second-order valence-corrected chi connectivity index (χ2v) is 7.51. The van der Waals surface area contributed by atoms with Crippen LogP contribution in [-0.2, 0) is 6.18 Å². The Morgan fingerprint density at radius 1 is 0.875 bits per heavy atom. The molecule has 0 radical (unpaired) electrons. The number of aromatic nitrogens is 3. The van der Waals surface area contributed by atoms with E-state index in [9.17, 15) is 26.3 Å². The lowest BCUT2D eigenvalue weighted by Gasteiger charge is -2.35. The van der Waals surface area contributed by atoms with Crippen LogP contribution in [0.1, 0.15) is 5.56 Å². The molecule has 1 aromatic carbocycles. The fourth-order valence-corrected chi connectivity index (χ4v) is 3.60. The molecule has 0 amide bonds. The predicted octanol–water partition coefficient (Wildman–Crippen LogP) is 4.84. The van der Waals surface area contributed by atoms with Crippen molar-refractivity contribution in [2.75, 3.05) is 37.6 Å². The van der Waals surface area contributed by atoms with E-state index < -0.39 is 24.5 Å². The van der Waals surface area contributed by atoms with Crippen molar-refractivity contribution in [1.29, 1.82) is 0 Å². The number of alkyl halides is 6. The number of nitrogens with one attached hydrogen (secondary N) is 1. The van der Waals surface area contributed by atoms with Crippen LogP contribution in [0.2, 0.25) is 0 Å². The number of imidazole rings is 1. The summed E-state index contributed by atoms with van der Waals surface area (Å²) in [6.45, 7) is 0.414. The molecule has 1 aliphatic rings. The van der Waals surface area contributed by atoms with E-state index in [4.69, 9.17) is 0 Å². The Balaban J connectivity index is 1.49. The summed E-state index contributed by atoms with van der Waals surface area (Å²) >= 11 is 0. The third-order valence-corrected chi connectivity index (χ3v) is 5.19. The van der Waals surface area contributed by atoms with E-state index in [2.05, 4.69) is 15.0 Å². The number of aromatic amines is 1. The van der Waals surface area contributed by atoms with Crippen molar-refractivity contribution in [3.63, 3.8) is 0 Å². The van der Waals surface area contributed by atoms with Crippen LogP contribution in [0.5, 0.6) is 0 Å². The van der Waals surface area contributed by atoms with E-state index >= 15 is 0 Å². The van der Waals surface area contributed by atoms with Crippen LogP contribution in [0.15, 0.2) is 48.8 Å². The van der Waals surface area contributed by atoms with Crippen molar-refractivity contribution in [2.24, 2.45) is 0 Å². The molecule has 3 aromatic rings. The van der Waals surface area contributed by atoms with Gasteiger partial charge in [-0.05, 0) is 24.3 Å². The van der Waals surface area contributed by atoms with Crippen molar-refractivity contribution < 1.29 is 26.3 Å². The quantitative estimate of drug-likeness (QED) is 0.572. The van der Waals surface area contributed by atoms with E-state index in [0.717, 1.165) is 12.1 Å². The fourth-order valence-electron chi connectivity index (χ4n) is 3.60. The first kappa shape index (κ1) is 22.1. The van der Waals surface area contributed by atoms with E-state index in [1.165, 1.54) is 17.2 Å². The summed E-state index contributed by atoms with van der Waals surface area (Å²) in [5.74, 6) is 1.06. The molecular weight excluding hydrogens is 436 g/mol. The van der Waals surface area contributed by atoms with Gasteiger partial charge < -0.3 is 9.88 Å². The van der Waals surface area contributed by atoms with Crippen LogP contribution in [0, 0.1) is 0 Å². The molecule has 32 heavy (non-hydrogen) atoms. The molecule has 0 saturated carbocycles. The molecule has 3 heterocycles. The van der Waals surface area contributed by atoms with Gasteiger partial charge in [0.25, 0.3) is 0 Å². The lowest BCUT2D eigenvalue weighted by molar-refractivity contribution is -0.146. The normalized spacial score (nSPS) is 15.9. The van der Waals surface area contributed by atoms with Gasteiger partial charge in [-0.25, -0.2) is 9.97 Å². The molecule has 5 nitrogen and oxygen atoms in total. The summed E-state index contributed by atoms with van der Waals surface area (Å²) < 4.78 is 76.7. The number of pyridine rings is 1. The Hall–Kier alpha value is -3.08. The highest BCUT2D eigenvalue weighted by Gasteiger charge is 2.32. The molecule has 0 spiro atoms. The topological polar surface area (TPSA) is 48.0 Å². The minimum atomic E-state index is -4.44. The molecule has 0 unspecified atom stereocenters. The third kappa shape index (κ3) is 5.21. The summed E-state index contributed by atoms with van der Waals surface area (Å²) in [7, 11) is 0. The minimum absolute atomic E-state index is 0.270. The van der Waals surface area contributed by atoms with Crippen LogP contribution in [0.25, 0.3) is 22.6 Å². The number of hydrogen-bond acceptors (Lipinski definition) is 4. The van der Waals surface area contributed by atoms with E-state index in [-0.39, 0.29) is 13.1 Å². The highest BCUT2D eigenvalue weighted by atomic mass is 19.4. The van der Waals surface area contributed by atoms with Crippen LogP contribution in [-0.4, -0.2) is 58.8 Å². The van der Waals surface area contributed by atoms with E-state index in [1.54, 1.807) is 24.4 Å². The first-order chi connectivity index (χ1) is 15.1. The van der Waals surface area contributed by atoms with Gasteiger partial charge in [0.15, 0.2) is 0 Å². The number of anilines is 1. The number of rotatable bonds is 4. The average Bonchev–Trinajstić information content (AvgIpc) is 3.23. The lowest BCUT2D eigenvalue weighted by atomic mass is 10.1. The Kier molecular flexibility index (Phi) is 5.85. The summed E-state index contributed by atoms with van der Waals surface area (Å²) in [6.07, 6.45) is -5.64. The number of hydrogen-bond donors (Lipinski definition) is 1. The zero-order valence-electron chi connectivity index (χ0n) is 16.7. The van der Waals surface area contributed by atoms with Gasteiger partial charge in [-0.2, -0.15) is 26.3 Å². The lowest BCUT2D eigenvalue weighted by Crippen LogP contribution is -2.49. The molecule has 11 heteroatoms. The Bertz CT molecular complexity index is 1070. The molecule has 170 valence electrons. The molecule has 1 fully saturated rings. The zero-order chi connectivity index (χ0) is 22.9. The van der Waals surface area contributed by atoms with Gasteiger partial charge in [-0.15, -0.1) is 0 Å². The summed E-state index contributed by atoms with van der Waals surface area (Å²) in [5, 5.41) is 0. The van der Waals surface area contributed by atoms with Gasteiger partial charge in [-0.3, -0.25) is 4.90 Å². The van der Waals surface area contributed by atoms with Crippen LogP contribution in [0.4, 0.5) is 32.2 Å². The number of H-pyrrole nitrogens is 1. The van der Waals surface area contributed by atoms with Crippen molar-refractivity contribution in [1.82, 2.24) is 19.9 Å². The highest BCUT2D eigenvalue weighted by Crippen LogP contribution is 2.32. The molecule has 1 aliphatic heterocycles. The van der Waals surface area contributed by atoms with Gasteiger partial charge in [0.1, 0.15) is 11.6 Å². The van der Waals surface area contributed by atoms with Crippen molar-refractivity contribution in [3.05, 3.63) is 54.4 Å². The average molecular weight is 455 g/mol. The maximum Gasteiger partial charge on any atom is 0.416 e. The summed E-state index contributed by atoms with van der Waals surface area (Å²) in [6, 6.07) is 8.42. The van der Waals surface area contributed by atoms with Crippen molar-refractivity contribution in [2.45, 2.75) is 12.4 Å². The Morgan fingerprint density at radius 3 is 2.31 bits per heavy atom. The first-order valence-electron chi connectivity index (χ1n) is 9.82. The minimum Gasteiger partial charge on any atom is -0.354 e. The molecule has 0 aliphatic carbocycles. The summed E-state index contributed by atoms with van der Waals surface area (Å²) in [4.78, 5) is 14.9. The molecule has 0 atom stereocenters. The first-order valence-corrected chi connectivity index (χ1v) is 9.82. The second kappa shape index (κ2) is 8.45. The SMILES string of the molecule is FC(F)(F)CN1CCN(c2cc(-c3ncc(-c4cccc(C(F)(F)F)c4)[nH]3)ccn2)CC1. The van der Waals surface area contributed by atoms with Gasteiger partial charge in [0, 0.05) is 43.5 Å². The standard InChI is InChI=1S/C21H19F6N5/c22-20(23,24)13-31-6-8-32(9-7-31)18-11-15(4-5-28-18)19-29-12-17(30-19)14-2-1-3-16(10-14)21(25,26)27/h1-5,10-12H,6-9,13H2,(H,29,30). The van der Waals surface area contributed by atoms with Crippen LogP contribution < -0.4 is 4.90 Å². The molecular formula is C21H19F6N5. The molecule has 2 aromatic heterocycles. The van der Waals surface area contributed by atoms with Gasteiger partial charge in [0.2, 0.25) is 0 Å². The third-order valence-electron chi connectivity index (χ3n) is 5.19. The van der Waals surface area contributed by atoms with Gasteiger partial charge >= 0.3 is 12.4 Å². The zero-order valence-corrected chi connectivity index (χ0v) is 16.7. The molecule has 1 saturated heterocycles. The fraction of sp³-hybridized carbons (Fsp3) is 0.333.